The number of unbranched alkanes of at least 4 members (excludes halogenated alkanes) is 2. The number of rotatable bonds is 10. The summed E-state index contributed by atoms with van der Waals surface area (Å²) in [7, 11) is 0. The molecule has 0 bridgehead atoms. The Kier molecular flexibility index (Phi) is 9.57. The average molecular weight is 376 g/mol. The van der Waals surface area contributed by atoms with Crippen LogP contribution in [0.1, 0.15) is 39.5 Å². The third kappa shape index (κ3) is 7.88. The van der Waals surface area contributed by atoms with Crippen LogP contribution in [0.4, 0.5) is 0 Å². The van der Waals surface area contributed by atoms with E-state index >= 15 is 0 Å². The quantitative estimate of drug-likeness (QED) is 0.495. The number of hydrogen-bond acceptors (Lipinski definition) is 4. The van der Waals surface area contributed by atoms with E-state index in [4.69, 9.17) is 32.7 Å². The van der Waals surface area contributed by atoms with Crippen LogP contribution in [0, 0.1) is 0 Å². The molecule has 0 aliphatic carbocycles. The first kappa shape index (κ1) is 20.6. The number of carbonyl (C=O) groups excluding carboxylic acids is 2. The maximum absolute atomic E-state index is 12.0. The molecule has 0 radical (unpaired) electrons. The third-order valence-corrected chi connectivity index (χ3v) is 3.76. The van der Waals surface area contributed by atoms with Crippen molar-refractivity contribution in [2.75, 3.05) is 13.2 Å². The van der Waals surface area contributed by atoms with Crippen molar-refractivity contribution in [3.63, 3.8) is 0 Å². The summed E-state index contributed by atoms with van der Waals surface area (Å²) in [5.74, 6) is 0.0213. The molecule has 1 N–H and O–H groups in total. The fourth-order valence-corrected chi connectivity index (χ4v) is 2.43. The second-order valence-electron chi connectivity index (χ2n) is 5.24. The SMILES string of the molecule is CCOC(=O)CCCCCNC(=O)C(C)Oc1ccc(Cl)cc1Cl. The molecule has 1 atom stereocenters. The summed E-state index contributed by atoms with van der Waals surface area (Å²) in [4.78, 5) is 23.1. The highest BCUT2D eigenvalue weighted by atomic mass is 35.5. The highest BCUT2D eigenvalue weighted by Crippen LogP contribution is 2.28. The van der Waals surface area contributed by atoms with Gasteiger partial charge in [-0.05, 0) is 44.9 Å². The molecule has 1 aromatic carbocycles. The van der Waals surface area contributed by atoms with Crippen LogP contribution in [-0.2, 0) is 14.3 Å². The van der Waals surface area contributed by atoms with E-state index in [1.807, 2.05) is 0 Å². The Morgan fingerprint density at radius 1 is 1.21 bits per heavy atom. The molecule has 0 saturated carbocycles. The lowest BCUT2D eigenvalue weighted by atomic mass is 10.2. The van der Waals surface area contributed by atoms with E-state index in [-0.39, 0.29) is 11.9 Å². The number of esters is 1. The van der Waals surface area contributed by atoms with Gasteiger partial charge in [-0.15, -0.1) is 0 Å². The normalized spacial score (nSPS) is 11.7. The van der Waals surface area contributed by atoms with Crippen molar-refractivity contribution in [1.82, 2.24) is 5.32 Å². The van der Waals surface area contributed by atoms with Crippen LogP contribution in [0.5, 0.6) is 5.75 Å². The van der Waals surface area contributed by atoms with E-state index in [0.717, 1.165) is 19.3 Å². The Morgan fingerprint density at radius 2 is 1.96 bits per heavy atom. The predicted molar refractivity (Wildman–Crippen MR) is 94.7 cm³/mol. The predicted octanol–water partition coefficient (Wildman–Crippen LogP) is 4.00. The van der Waals surface area contributed by atoms with Crippen molar-refractivity contribution in [1.29, 1.82) is 0 Å². The molecule has 24 heavy (non-hydrogen) atoms. The van der Waals surface area contributed by atoms with Gasteiger partial charge in [0.15, 0.2) is 6.10 Å². The van der Waals surface area contributed by atoms with Crippen molar-refractivity contribution in [2.24, 2.45) is 0 Å². The Bertz CT molecular complexity index is 551. The van der Waals surface area contributed by atoms with Crippen LogP contribution in [0.15, 0.2) is 18.2 Å². The number of amides is 1. The number of ether oxygens (including phenoxy) is 2. The fourth-order valence-electron chi connectivity index (χ4n) is 1.97. The molecular weight excluding hydrogens is 353 g/mol. The Labute approximate surface area is 152 Å². The monoisotopic (exact) mass is 375 g/mol. The van der Waals surface area contributed by atoms with E-state index in [1.54, 1.807) is 32.0 Å². The summed E-state index contributed by atoms with van der Waals surface area (Å²) in [5, 5.41) is 3.67. The number of nitrogens with one attached hydrogen (secondary N) is 1. The van der Waals surface area contributed by atoms with Crippen LogP contribution in [0.25, 0.3) is 0 Å². The van der Waals surface area contributed by atoms with E-state index in [0.29, 0.717) is 35.4 Å². The zero-order chi connectivity index (χ0) is 17.9. The lowest BCUT2D eigenvalue weighted by Crippen LogP contribution is -2.36. The van der Waals surface area contributed by atoms with Gasteiger partial charge in [-0.2, -0.15) is 0 Å². The van der Waals surface area contributed by atoms with Crippen molar-refractivity contribution in [2.45, 2.75) is 45.6 Å². The molecule has 1 amide bonds. The number of halogens is 2. The van der Waals surface area contributed by atoms with Crippen molar-refractivity contribution >= 4 is 35.1 Å². The summed E-state index contributed by atoms with van der Waals surface area (Å²) in [6.45, 7) is 4.38. The van der Waals surface area contributed by atoms with Gasteiger partial charge in [-0.1, -0.05) is 29.6 Å². The first-order valence-corrected chi connectivity index (χ1v) is 8.74. The van der Waals surface area contributed by atoms with Crippen LogP contribution < -0.4 is 10.1 Å². The van der Waals surface area contributed by atoms with Crippen molar-refractivity contribution in [3.05, 3.63) is 28.2 Å². The minimum Gasteiger partial charge on any atom is -0.479 e. The second kappa shape index (κ2) is 11.2. The van der Waals surface area contributed by atoms with E-state index in [9.17, 15) is 9.59 Å². The third-order valence-electron chi connectivity index (χ3n) is 3.23. The topological polar surface area (TPSA) is 64.6 Å². The standard InChI is InChI=1S/C17H23Cl2NO4/c1-3-23-16(21)7-5-4-6-10-20-17(22)12(2)24-15-9-8-13(18)11-14(15)19/h8-9,11-12H,3-7,10H2,1-2H3,(H,20,22). The molecule has 1 aromatic rings. The minimum atomic E-state index is -0.664. The Morgan fingerprint density at radius 3 is 2.62 bits per heavy atom. The fraction of sp³-hybridized carbons (Fsp3) is 0.529. The van der Waals surface area contributed by atoms with Gasteiger partial charge in [0.05, 0.1) is 11.6 Å². The van der Waals surface area contributed by atoms with E-state index in [2.05, 4.69) is 5.32 Å². The van der Waals surface area contributed by atoms with Crippen LogP contribution in [0.2, 0.25) is 10.0 Å². The zero-order valence-corrected chi connectivity index (χ0v) is 15.5. The maximum atomic E-state index is 12.0. The molecule has 0 heterocycles. The molecular formula is C17H23Cl2NO4. The molecule has 5 nitrogen and oxygen atoms in total. The number of hydrogen-bond donors (Lipinski definition) is 1. The lowest BCUT2D eigenvalue weighted by Gasteiger charge is -2.15. The van der Waals surface area contributed by atoms with Gasteiger partial charge < -0.3 is 14.8 Å². The summed E-state index contributed by atoms with van der Waals surface area (Å²) >= 11 is 11.8. The summed E-state index contributed by atoms with van der Waals surface area (Å²) in [6, 6.07) is 4.84. The molecule has 0 aliphatic rings. The second-order valence-corrected chi connectivity index (χ2v) is 6.09. The molecule has 1 unspecified atom stereocenters. The van der Waals surface area contributed by atoms with Gasteiger partial charge in [0.25, 0.3) is 5.91 Å². The van der Waals surface area contributed by atoms with Gasteiger partial charge in [-0.3, -0.25) is 9.59 Å². The molecule has 0 aromatic heterocycles. The molecule has 1 rings (SSSR count). The summed E-state index contributed by atoms with van der Waals surface area (Å²) in [6.07, 6.45) is 2.14. The smallest absolute Gasteiger partial charge is 0.305 e. The first-order chi connectivity index (χ1) is 11.4. The minimum absolute atomic E-state index is 0.177. The highest BCUT2D eigenvalue weighted by Gasteiger charge is 2.15. The molecule has 0 fully saturated rings. The molecule has 134 valence electrons. The molecule has 7 heteroatoms. The zero-order valence-electron chi connectivity index (χ0n) is 13.9. The van der Waals surface area contributed by atoms with Gasteiger partial charge in [0.2, 0.25) is 0 Å². The summed E-state index contributed by atoms with van der Waals surface area (Å²) in [5.41, 5.74) is 0. The van der Waals surface area contributed by atoms with Crippen LogP contribution in [0.3, 0.4) is 0 Å². The van der Waals surface area contributed by atoms with Crippen molar-refractivity contribution in [3.8, 4) is 5.75 Å². The lowest BCUT2D eigenvalue weighted by molar-refractivity contribution is -0.143. The van der Waals surface area contributed by atoms with E-state index in [1.165, 1.54) is 0 Å². The molecule has 0 spiro atoms. The van der Waals surface area contributed by atoms with Crippen LogP contribution >= 0.6 is 23.2 Å². The van der Waals surface area contributed by atoms with E-state index < -0.39 is 6.10 Å². The molecule has 0 aliphatic heterocycles. The van der Waals surface area contributed by atoms with Gasteiger partial charge >= 0.3 is 5.97 Å². The van der Waals surface area contributed by atoms with Crippen molar-refractivity contribution < 1.29 is 19.1 Å². The van der Waals surface area contributed by atoms with Crippen LogP contribution in [-0.4, -0.2) is 31.1 Å². The van der Waals surface area contributed by atoms with Gasteiger partial charge in [0, 0.05) is 18.0 Å². The molecule has 0 saturated heterocycles. The Hall–Kier alpha value is -1.46. The number of benzene rings is 1. The largest absolute Gasteiger partial charge is 0.479 e. The first-order valence-electron chi connectivity index (χ1n) is 7.99. The highest BCUT2D eigenvalue weighted by molar-refractivity contribution is 6.35. The number of carbonyl (C=O) groups is 2. The Balaban J connectivity index is 2.21. The maximum Gasteiger partial charge on any atom is 0.305 e. The summed E-state index contributed by atoms with van der Waals surface area (Å²) < 4.78 is 10.4. The van der Waals surface area contributed by atoms with Gasteiger partial charge in [-0.25, -0.2) is 0 Å². The van der Waals surface area contributed by atoms with Gasteiger partial charge in [0.1, 0.15) is 5.75 Å². The average Bonchev–Trinajstić information content (AvgIpc) is 2.53.